The lowest BCUT2D eigenvalue weighted by Gasteiger charge is -1.99. The molecule has 52 valence electrons. The second-order valence-corrected chi connectivity index (χ2v) is 1.98. The summed E-state index contributed by atoms with van der Waals surface area (Å²) in [6.07, 6.45) is 6.75. The molecule has 0 aliphatic carbocycles. The summed E-state index contributed by atoms with van der Waals surface area (Å²) in [7, 11) is 0. The third kappa shape index (κ3) is 5.31. The fraction of sp³-hybridized carbons (Fsp3) is 0.500. The summed E-state index contributed by atoms with van der Waals surface area (Å²) in [5.74, 6) is 0. The molecule has 0 rings (SSSR count). The first kappa shape index (κ1) is 8.44. The van der Waals surface area contributed by atoms with Gasteiger partial charge in [0.05, 0.1) is 6.10 Å². The zero-order valence-corrected chi connectivity index (χ0v) is 5.88. The van der Waals surface area contributed by atoms with Crippen LogP contribution < -0.4 is 0 Å². The molecule has 9 heavy (non-hydrogen) atoms. The predicted octanol–water partition coefficient (Wildman–Crippen LogP) is 1.89. The Balaban J connectivity index is 3.35. The normalized spacial score (nSPS) is 14.0. The highest BCUT2D eigenvalue weighted by molar-refractivity contribution is 5.00. The molecule has 0 bridgehead atoms. The molecule has 0 aliphatic rings. The van der Waals surface area contributed by atoms with E-state index in [0.29, 0.717) is 0 Å². The Morgan fingerprint density at radius 1 is 1.67 bits per heavy atom. The maximum atomic E-state index is 9.05. The number of aliphatic hydroxyl groups excluding tert-OH is 1. The van der Waals surface area contributed by atoms with Crippen molar-refractivity contribution in [3.8, 4) is 0 Å². The van der Waals surface area contributed by atoms with E-state index in [1.807, 2.05) is 6.92 Å². The van der Waals surface area contributed by atoms with E-state index in [9.17, 15) is 0 Å². The van der Waals surface area contributed by atoms with Crippen molar-refractivity contribution in [1.82, 2.24) is 0 Å². The van der Waals surface area contributed by atoms with Crippen molar-refractivity contribution in [2.24, 2.45) is 0 Å². The van der Waals surface area contributed by atoms with E-state index in [1.165, 1.54) is 0 Å². The zero-order chi connectivity index (χ0) is 7.11. The van der Waals surface area contributed by atoms with Crippen LogP contribution in [0, 0.1) is 0 Å². The molecular formula is C8H14O. The Hall–Kier alpha value is -0.560. The van der Waals surface area contributed by atoms with E-state index < -0.39 is 0 Å². The second-order valence-electron chi connectivity index (χ2n) is 1.98. The van der Waals surface area contributed by atoms with Gasteiger partial charge < -0.3 is 5.11 Å². The zero-order valence-electron chi connectivity index (χ0n) is 5.88. The molecule has 0 aromatic heterocycles. The van der Waals surface area contributed by atoms with Crippen LogP contribution in [-0.4, -0.2) is 11.2 Å². The number of allylic oxidation sites excluding steroid dienone is 2. The minimum Gasteiger partial charge on any atom is -0.389 e. The molecule has 0 aromatic rings. The van der Waals surface area contributed by atoms with Gasteiger partial charge >= 0.3 is 0 Å². The highest BCUT2D eigenvalue weighted by Gasteiger charge is 1.92. The van der Waals surface area contributed by atoms with Gasteiger partial charge in [0, 0.05) is 0 Å². The van der Waals surface area contributed by atoms with Crippen molar-refractivity contribution in [1.29, 1.82) is 0 Å². The minimum absolute atomic E-state index is 0.284. The Bertz CT molecular complexity index is 94.7. The van der Waals surface area contributed by atoms with E-state index in [4.69, 9.17) is 5.11 Å². The van der Waals surface area contributed by atoms with Crippen molar-refractivity contribution >= 4 is 0 Å². The van der Waals surface area contributed by atoms with Gasteiger partial charge in [-0.3, -0.25) is 0 Å². The average Bonchev–Trinajstić information content (AvgIpc) is 1.85. The lowest BCUT2D eigenvalue weighted by molar-refractivity contribution is 0.211. The fourth-order valence-electron chi connectivity index (χ4n) is 0.599. The molecule has 1 heteroatoms. The van der Waals surface area contributed by atoms with Gasteiger partial charge in [-0.05, 0) is 6.42 Å². The summed E-state index contributed by atoms with van der Waals surface area (Å²) in [6.45, 7) is 5.54. The van der Waals surface area contributed by atoms with Gasteiger partial charge in [0.1, 0.15) is 0 Å². The molecule has 0 heterocycles. The highest BCUT2D eigenvalue weighted by atomic mass is 16.3. The first-order valence-corrected chi connectivity index (χ1v) is 3.28. The summed E-state index contributed by atoms with van der Waals surface area (Å²) in [6, 6.07) is 0. The molecule has 0 spiro atoms. The highest BCUT2D eigenvalue weighted by Crippen LogP contribution is 1.96. The summed E-state index contributed by atoms with van der Waals surface area (Å²) < 4.78 is 0. The molecule has 1 nitrogen and oxygen atoms in total. The standard InChI is InChI=1S/C8H14O/c1-3-5-7-8(9)6-4-2/h3,5,7-9H,1,4,6H2,2H3. The largest absolute Gasteiger partial charge is 0.389 e. The van der Waals surface area contributed by atoms with Crippen LogP contribution in [0.1, 0.15) is 19.8 Å². The van der Waals surface area contributed by atoms with Crippen LogP contribution in [0.3, 0.4) is 0 Å². The molecule has 0 radical (unpaired) electrons. The van der Waals surface area contributed by atoms with Crippen LogP contribution in [0.5, 0.6) is 0 Å². The first-order chi connectivity index (χ1) is 4.31. The molecule has 1 N–H and O–H groups in total. The molecule has 0 aromatic carbocycles. The average molecular weight is 126 g/mol. The smallest absolute Gasteiger partial charge is 0.0723 e. The van der Waals surface area contributed by atoms with Gasteiger partial charge in [-0.1, -0.05) is 38.2 Å². The number of rotatable bonds is 4. The molecule has 0 saturated heterocycles. The topological polar surface area (TPSA) is 20.2 Å². The van der Waals surface area contributed by atoms with E-state index in [-0.39, 0.29) is 6.10 Å². The third-order valence-corrected chi connectivity index (χ3v) is 1.05. The van der Waals surface area contributed by atoms with E-state index >= 15 is 0 Å². The van der Waals surface area contributed by atoms with Gasteiger partial charge in [-0.15, -0.1) is 0 Å². The minimum atomic E-state index is -0.284. The summed E-state index contributed by atoms with van der Waals surface area (Å²) >= 11 is 0. The monoisotopic (exact) mass is 126 g/mol. The third-order valence-electron chi connectivity index (χ3n) is 1.05. The maximum absolute atomic E-state index is 9.05. The van der Waals surface area contributed by atoms with E-state index in [0.717, 1.165) is 12.8 Å². The lowest BCUT2D eigenvalue weighted by atomic mass is 10.2. The number of hydrogen-bond acceptors (Lipinski definition) is 1. The van der Waals surface area contributed by atoms with Gasteiger partial charge in [0.25, 0.3) is 0 Å². The van der Waals surface area contributed by atoms with Crippen molar-refractivity contribution in [3.05, 3.63) is 24.8 Å². The van der Waals surface area contributed by atoms with Crippen LogP contribution in [0.4, 0.5) is 0 Å². The second kappa shape index (κ2) is 5.57. The quantitative estimate of drug-likeness (QED) is 0.570. The predicted molar refractivity (Wildman–Crippen MR) is 40.3 cm³/mol. The summed E-state index contributed by atoms with van der Waals surface area (Å²) in [5, 5.41) is 9.05. The van der Waals surface area contributed by atoms with E-state index in [2.05, 4.69) is 6.58 Å². The van der Waals surface area contributed by atoms with Gasteiger partial charge in [0.2, 0.25) is 0 Å². The lowest BCUT2D eigenvalue weighted by Crippen LogP contribution is -1.99. The number of aliphatic hydroxyl groups is 1. The van der Waals surface area contributed by atoms with Crippen molar-refractivity contribution in [3.63, 3.8) is 0 Å². The van der Waals surface area contributed by atoms with Crippen LogP contribution >= 0.6 is 0 Å². The molecule has 0 aliphatic heterocycles. The van der Waals surface area contributed by atoms with Crippen LogP contribution in [0.25, 0.3) is 0 Å². The Morgan fingerprint density at radius 3 is 2.78 bits per heavy atom. The summed E-state index contributed by atoms with van der Waals surface area (Å²) in [4.78, 5) is 0. The van der Waals surface area contributed by atoms with Crippen molar-refractivity contribution < 1.29 is 5.11 Å². The Morgan fingerprint density at radius 2 is 2.33 bits per heavy atom. The molecule has 0 fully saturated rings. The fourth-order valence-corrected chi connectivity index (χ4v) is 0.599. The number of hydrogen-bond donors (Lipinski definition) is 1. The van der Waals surface area contributed by atoms with Crippen LogP contribution in [0.2, 0.25) is 0 Å². The first-order valence-electron chi connectivity index (χ1n) is 3.28. The molecular weight excluding hydrogens is 112 g/mol. The van der Waals surface area contributed by atoms with Crippen molar-refractivity contribution in [2.75, 3.05) is 0 Å². The molecule has 1 atom stereocenters. The maximum Gasteiger partial charge on any atom is 0.0723 e. The Kier molecular flexibility index (Phi) is 5.23. The van der Waals surface area contributed by atoms with Gasteiger partial charge in [-0.25, -0.2) is 0 Å². The van der Waals surface area contributed by atoms with Gasteiger partial charge in [-0.2, -0.15) is 0 Å². The van der Waals surface area contributed by atoms with Gasteiger partial charge in [0.15, 0.2) is 0 Å². The SMILES string of the molecule is C=CC=CC(O)CCC. The molecule has 1 unspecified atom stereocenters. The van der Waals surface area contributed by atoms with Crippen LogP contribution in [0.15, 0.2) is 24.8 Å². The Labute approximate surface area is 56.7 Å². The van der Waals surface area contributed by atoms with Crippen molar-refractivity contribution in [2.45, 2.75) is 25.9 Å². The molecule has 0 saturated carbocycles. The molecule has 0 amide bonds. The van der Waals surface area contributed by atoms with Crippen LogP contribution in [-0.2, 0) is 0 Å². The van der Waals surface area contributed by atoms with E-state index in [1.54, 1.807) is 18.2 Å². The summed E-state index contributed by atoms with van der Waals surface area (Å²) in [5.41, 5.74) is 0.